The first-order valence-electron chi connectivity index (χ1n) is 9.53. The van der Waals surface area contributed by atoms with E-state index in [0.717, 1.165) is 37.7 Å². The van der Waals surface area contributed by atoms with Crippen molar-refractivity contribution < 1.29 is 23.8 Å². The molecule has 5 nitrogen and oxygen atoms in total. The third-order valence-electron chi connectivity index (χ3n) is 7.60. The Labute approximate surface area is 148 Å². The third-order valence-corrected chi connectivity index (χ3v) is 7.60. The molecule has 136 valence electrons. The number of allylic oxidation sites excluding steroid dienone is 1. The summed E-state index contributed by atoms with van der Waals surface area (Å²) < 4.78 is 17.5. The van der Waals surface area contributed by atoms with Gasteiger partial charge in [-0.3, -0.25) is 9.59 Å². The van der Waals surface area contributed by atoms with Crippen molar-refractivity contribution >= 4 is 11.8 Å². The molecule has 5 rings (SSSR count). The molecular formula is C20H26O5. The predicted octanol–water partition coefficient (Wildman–Crippen LogP) is 3.12. The van der Waals surface area contributed by atoms with Crippen LogP contribution in [0.1, 0.15) is 59.3 Å². The van der Waals surface area contributed by atoms with Crippen molar-refractivity contribution in [3.8, 4) is 0 Å². The molecule has 0 N–H and O–H groups in total. The number of esters is 1. The van der Waals surface area contributed by atoms with E-state index < -0.39 is 18.2 Å². The second-order valence-electron chi connectivity index (χ2n) is 9.57. The Balaban J connectivity index is 1.58. The van der Waals surface area contributed by atoms with Gasteiger partial charge < -0.3 is 14.2 Å². The smallest absolute Gasteiger partial charge is 0.311 e. The zero-order valence-electron chi connectivity index (χ0n) is 15.2. The number of ketones is 1. The van der Waals surface area contributed by atoms with Gasteiger partial charge in [0.2, 0.25) is 6.29 Å². The molecule has 0 aromatic carbocycles. The monoisotopic (exact) mass is 346 g/mol. The van der Waals surface area contributed by atoms with E-state index in [9.17, 15) is 9.59 Å². The first kappa shape index (κ1) is 16.0. The number of fused-ring (bicyclic) bond motifs is 5. The molecule has 0 amide bonds. The van der Waals surface area contributed by atoms with Crippen molar-refractivity contribution in [2.75, 3.05) is 0 Å². The van der Waals surface area contributed by atoms with Crippen molar-refractivity contribution in [1.29, 1.82) is 0 Å². The molecule has 5 heteroatoms. The molecule has 6 atom stereocenters. The summed E-state index contributed by atoms with van der Waals surface area (Å²) in [5.41, 5.74) is 0.282. The van der Waals surface area contributed by atoms with Crippen LogP contribution in [0.25, 0.3) is 0 Å². The zero-order valence-corrected chi connectivity index (χ0v) is 15.2. The van der Waals surface area contributed by atoms with Gasteiger partial charge in [-0.05, 0) is 54.1 Å². The molecular weight excluding hydrogens is 320 g/mol. The number of rotatable bonds is 0. The molecule has 3 heterocycles. The SMILES string of the molecule is CC1(C)CCCC2(C)C3CCC45CC(=O)OC4OC(O5)C3=CC(=O)C12. The number of hydrogen-bond acceptors (Lipinski definition) is 5. The summed E-state index contributed by atoms with van der Waals surface area (Å²) >= 11 is 0. The molecule has 2 bridgehead atoms. The third kappa shape index (κ3) is 1.97. The minimum atomic E-state index is -0.654. The van der Waals surface area contributed by atoms with Gasteiger partial charge in [-0.25, -0.2) is 0 Å². The van der Waals surface area contributed by atoms with Crippen molar-refractivity contribution in [1.82, 2.24) is 0 Å². The fraction of sp³-hybridized carbons (Fsp3) is 0.800. The standard InChI is InChI=1S/C20H26O5/c1-18(2)6-4-7-19(3)12-5-8-20-10-14(22)23-17(20)24-16(25-20)11(12)9-13(21)15(18)19/h9,12,15-17H,4-8,10H2,1-3H3. The molecule has 6 unspecified atom stereocenters. The van der Waals surface area contributed by atoms with Gasteiger partial charge in [-0.15, -0.1) is 0 Å². The van der Waals surface area contributed by atoms with Crippen molar-refractivity contribution in [2.45, 2.75) is 77.5 Å². The Morgan fingerprint density at radius 2 is 1.92 bits per heavy atom. The fourth-order valence-corrected chi connectivity index (χ4v) is 6.65. The van der Waals surface area contributed by atoms with Gasteiger partial charge in [0.25, 0.3) is 0 Å². The Hall–Kier alpha value is -1.20. The molecule has 5 aliphatic rings. The predicted molar refractivity (Wildman–Crippen MR) is 88.2 cm³/mol. The summed E-state index contributed by atoms with van der Waals surface area (Å²) in [5, 5.41) is 0. The molecule has 25 heavy (non-hydrogen) atoms. The van der Waals surface area contributed by atoms with Gasteiger partial charge in [-0.2, -0.15) is 0 Å². The summed E-state index contributed by atoms with van der Waals surface area (Å²) in [6.45, 7) is 6.76. The normalized spacial score (nSPS) is 50.3. The van der Waals surface area contributed by atoms with E-state index in [0.29, 0.717) is 0 Å². The molecule has 2 aliphatic carbocycles. The molecule has 3 saturated heterocycles. The van der Waals surface area contributed by atoms with Gasteiger partial charge in [0.15, 0.2) is 12.1 Å². The van der Waals surface area contributed by atoms with Crippen molar-refractivity contribution in [3.63, 3.8) is 0 Å². The van der Waals surface area contributed by atoms with Crippen LogP contribution < -0.4 is 0 Å². The molecule has 1 saturated carbocycles. The number of carbonyl (C=O) groups is 2. The maximum atomic E-state index is 13.1. The molecule has 4 fully saturated rings. The van der Waals surface area contributed by atoms with E-state index in [-0.39, 0.29) is 40.8 Å². The minimum Gasteiger partial charge on any atom is -0.432 e. The van der Waals surface area contributed by atoms with Crippen LogP contribution >= 0.6 is 0 Å². The highest BCUT2D eigenvalue weighted by Gasteiger charge is 2.65. The lowest BCUT2D eigenvalue weighted by molar-refractivity contribution is -0.169. The van der Waals surface area contributed by atoms with Crippen LogP contribution in [0.15, 0.2) is 11.6 Å². The molecule has 0 aromatic rings. The van der Waals surface area contributed by atoms with E-state index in [1.165, 1.54) is 0 Å². The van der Waals surface area contributed by atoms with E-state index >= 15 is 0 Å². The van der Waals surface area contributed by atoms with Gasteiger partial charge in [0.1, 0.15) is 5.60 Å². The summed E-state index contributed by atoms with van der Waals surface area (Å²) in [5.74, 6) is 0.293. The van der Waals surface area contributed by atoms with Gasteiger partial charge in [-0.1, -0.05) is 27.2 Å². The molecule has 1 spiro atoms. The maximum Gasteiger partial charge on any atom is 0.311 e. The first-order valence-corrected chi connectivity index (χ1v) is 9.53. The van der Waals surface area contributed by atoms with Crippen LogP contribution in [0, 0.1) is 22.7 Å². The van der Waals surface area contributed by atoms with Crippen LogP contribution in [0.2, 0.25) is 0 Å². The number of hydrogen-bond donors (Lipinski definition) is 0. The Morgan fingerprint density at radius 1 is 1.12 bits per heavy atom. The van der Waals surface area contributed by atoms with Crippen molar-refractivity contribution in [2.24, 2.45) is 22.7 Å². The van der Waals surface area contributed by atoms with Gasteiger partial charge >= 0.3 is 5.97 Å². The first-order chi connectivity index (χ1) is 11.8. The summed E-state index contributed by atoms with van der Waals surface area (Å²) in [4.78, 5) is 24.9. The average molecular weight is 346 g/mol. The van der Waals surface area contributed by atoms with Crippen molar-refractivity contribution in [3.05, 3.63) is 11.6 Å². The van der Waals surface area contributed by atoms with E-state index in [4.69, 9.17) is 14.2 Å². The summed E-state index contributed by atoms with van der Waals surface area (Å²) in [6.07, 6.45) is 5.89. The van der Waals surface area contributed by atoms with E-state index in [1.807, 2.05) is 0 Å². The lowest BCUT2D eigenvalue weighted by Gasteiger charge is -2.56. The Kier molecular flexibility index (Phi) is 3.04. The lowest BCUT2D eigenvalue weighted by Crippen LogP contribution is -2.53. The highest BCUT2D eigenvalue weighted by molar-refractivity contribution is 5.95. The number of carbonyl (C=O) groups excluding carboxylic acids is 2. The quantitative estimate of drug-likeness (QED) is 0.631. The topological polar surface area (TPSA) is 61.8 Å². The van der Waals surface area contributed by atoms with Crippen LogP contribution in [0.3, 0.4) is 0 Å². The minimum absolute atomic E-state index is 0.0202. The Morgan fingerprint density at radius 3 is 2.72 bits per heavy atom. The lowest BCUT2D eigenvalue weighted by atomic mass is 9.47. The largest absolute Gasteiger partial charge is 0.432 e. The average Bonchev–Trinajstić information content (AvgIpc) is 2.89. The second-order valence-corrected chi connectivity index (χ2v) is 9.57. The second kappa shape index (κ2) is 4.74. The molecule has 0 aromatic heterocycles. The van der Waals surface area contributed by atoms with E-state index in [2.05, 4.69) is 20.8 Å². The highest BCUT2D eigenvalue weighted by atomic mass is 16.8. The number of ether oxygens (including phenoxy) is 3. The van der Waals surface area contributed by atoms with Crippen LogP contribution in [-0.2, 0) is 23.8 Å². The van der Waals surface area contributed by atoms with E-state index in [1.54, 1.807) is 6.08 Å². The summed E-state index contributed by atoms with van der Waals surface area (Å²) in [6, 6.07) is 0. The maximum absolute atomic E-state index is 13.1. The Bertz CT molecular complexity index is 694. The zero-order chi connectivity index (χ0) is 17.6. The van der Waals surface area contributed by atoms with Gasteiger partial charge in [0.05, 0.1) is 6.42 Å². The summed E-state index contributed by atoms with van der Waals surface area (Å²) in [7, 11) is 0. The van der Waals surface area contributed by atoms with Crippen LogP contribution in [0.5, 0.6) is 0 Å². The van der Waals surface area contributed by atoms with Crippen LogP contribution in [-0.4, -0.2) is 29.9 Å². The highest BCUT2D eigenvalue weighted by Crippen LogP contribution is 2.62. The molecule has 3 aliphatic heterocycles. The van der Waals surface area contributed by atoms with Crippen LogP contribution in [0.4, 0.5) is 0 Å². The molecule has 0 radical (unpaired) electrons. The van der Waals surface area contributed by atoms with Gasteiger partial charge in [0, 0.05) is 5.92 Å². The fourth-order valence-electron chi connectivity index (χ4n) is 6.65.